The molecule has 0 aliphatic carbocycles. The van der Waals surface area contributed by atoms with E-state index in [0.717, 1.165) is 23.6 Å². The Kier molecular flexibility index (Phi) is 5.20. The Balaban J connectivity index is 1.98. The average molecular weight is 342 g/mol. The first-order valence-electron chi connectivity index (χ1n) is 6.47. The molecule has 0 spiro atoms. The van der Waals surface area contributed by atoms with Crippen molar-refractivity contribution in [3.8, 4) is 5.75 Å². The van der Waals surface area contributed by atoms with Gasteiger partial charge in [0, 0.05) is 6.07 Å². The molecule has 3 nitrogen and oxygen atoms in total. The molecule has 0 radical (unpaired) electrons. The van der Waals surface area contributed by atoms with Crippen LogP contribution in [0.25, 0.3) is 0 Å². The molecule has 2 aromatic rings. The molecule has 20 heavy (non-hydrogen) atoms. The number of furan rings is 1. The lowest BCUT2D eigenvalue weighted by Crippen LogP contribution is -2.11. The molecule has 0 aliphatic rings. The lowest BCUT2D eigenvalue weighted by molar-refractivity contribution is 0.264. The van der Waals surface area contributed by atoms with Crippen LogP contribution in [0.15, 0.2) is 33.2 Å². The maximum absolute atomic E-state index is 13.4. The summed E-state index contributed by atoms with van der Waals surface area (Å²) in [6.45, 7) is 5.93. The highest BCUT2D eigenvalue weighted by Crippen LogP contribution is 2.22. The largest absolute Gasteiger partial charge is 0.486 e. The molecule has 1 aromatic heterocycles. The predicted molar refractivity (Wildman–Crippen MR) is 79.3 cm³/mol. The van der Waals surface area contributed by atoms with Crippen LogP contribution < -0.4 is 10.1 Å². The van der Waals surface area contributed by atoms with E-state index in [9.17, 15) is 4.39 Å². The van der Waals surface area contributed by atoms with Gasteiger partial charge in [-0.2, -0.15) is 0 Å². The number of hydrogen-bond donors (Lipinski definition) is 1. The molecule has 0 saturated carbocycles. The molecule has 0 bridgehead atoms. The lowest BCUT2D eigenvalue weighted by Gasteiger charge is -2.05. The summed E-state index contributed by atoms with van der Waals surface area (Å²) in [4.78, 5) is 0. The number of benzene rings is 1. The molecule has 0 amide bonds. The van der Waals surface area contributed by atoms with Crippen LogP contribution in [0.5, 0.6) is 5.75 Å². The summed E-state index contributed by atoms with van der Waals surface area (Å²) in [7, 11) is 0. The molecule has 0 atom stereocenters. The van der Waals surface area contributed by atoms with Gasteiger partial charge < -0.3 is 14.5 Å². The minimum Gasteiger partial charge on any atom is -0.486 e. The Bertz CT molecular complexity index is 583. The number of rotatable bonds is 6. The van der Waals surface area contributed by atoms with Crippen molar-refractivity contribution in [2.75, 3.05) is 6.54 Å². The number of nitrogens with one attached hydrogen (secondary N) is 1. The number of hydrogen-bond acceptors (Lipinski definition) is 3. The van der Waals surface area contributed by atoms with Crippen molar-refractivity contribution in [3.05, 3.63) is 51.6 Å². The van der Waals surface area contributed by atoms with Gasteiger partial charge in [-0.25, -0.2) is 4.39 Å². The zero-order valence-corrected chi connectivity index (χ0v) is 13.1. The summed E-state index contributed by atoms with van der Waals surface area (Å²) < 4.78 is 25.0. The van der Waals surface area contributed by atoms with Crippen LogP contribution in [0.1, 0.15) is 24.0 Å². The summed E-state index contributed by atoms with van der Waals surface area (Å²) in [5.41, 5.74) is 1.09. The van der Waals surface area contributed by atoms with Crippen molar-refractivity contribution in [1.29, 1.82) is 0 Å². The van der Waals surface area contributed by atoms with E-state index in [0.29, 0.717) is 16.8 Å². The molecular weight excluding hydrogens is 325 g/mol. The second kappa shape index (κ2) is 6.90. The fourth-order valence-electron chi connectivity index (χ4n) is 1.80. The lowest BCUT2D eigenvalue weighted by atomic mass is 10.2. The van der Waals surface area contributed by atoms with Gasteiger partial charge in [-0.3, -0.25) is 0 Å². The van der Waals surface area contributed by atoms with Gasteiger partial charge in [0.25, 0.3) is 0 Å². The van der Waals surface area contributed by atoms with Crippen LogP contribution in [0.2, 0.25) is 0 Å². The monoisotopic (exact) mass is 341 g/mol. The molecule has 0 aliphatic heterocycles. The molecule has 1 heterocycles. The predicted octanol–water partition coefficient (Wildman–Crippen LogP) is 4.18. The zero-order valence-electron chi connectivity index (χ0n) is 11.5. The van der Waals surface area contributed by atoms with Crippen molar-refractivity contribution >= 4 is 15.9 Å². The van der Waals surface area contributed by atoms with Crippen LogP contribution in [-0.2, 0) is 13.2 Å². The Morgan fingerprint density at radius 1 is 1.35 bits per heavy atom. The number of ether oxygens (including phenoxy) is 1. The number of halogens is 2. The molecule has 2 rings (SSSR count). The van der Waals surface area contributed by atoms with Crippen molar-refractivity contribution in [2.24, 2.45) is 0 Å². The smallest absolute Gasteiger partial charge is 0.146 e. The van der Waals surface area contributed by atoms with E-state index in [1.165, 1.54) is 6.07 Å². The van der Waals surface area contributed by atoms with Crippen LogP contribution in [-0.4, -0.2) is 6.54 Å². The average Bonchev–Trinajstić information content (AvgIpc) is 2.78. The molecule has 0 unspecified atom stereocenters. The first-order chi connectivity index (χ1) is 9.60. The highest BCUT2D eigenvalue weighted by molar-refractivity contribution is 9.10. The molecule has 5 heteroatoms. The minimum absolute atomic E-state index is 0.286. The second-order valence-corrected chi connectivity index (χ2v) is 5.32. The third kappa shape index (κ3) is 3.84. The summed E-state index contributed by atoms with van der Waals surface area (Å²) in [6.07, 6.45) is 0. The van der Waals surface area contributed by atoms with Crippen LogP contribution >= 0.6 is 15.9 Å². The quantitative estimate of drug-likeness (QED) is 0.855. The molecule has 1 N–H and O–H groups in total. The number of aryl methyl sites for hydroxylation is 1. The Morgan fingerprint density at radius 2 is 2.15 bits per heavy atom. The SMILES string of the molecule is CCNCc1oc(COc2ccc(Br)c(F)c2)cc1C. The third-order valence-electron chi connectivity index (χ3n) is 2.88. The fraction of sp³-hybridized carbons (Fsp3) is 0.333. The molecule has 0 saturated heterocycles. The third-order valence-corrected chi connectivity index (χ3v) is 3.52. The van der Waals surface area contributed by atoms with Gasteiger partial charge in [0.05, 0.1) is 11.0 Å². The van der Waals surface area contributed by atoms with Crippen LogP contribution in [0.4, 0.5) is 4.39 Å². The van der Waals surface area contributed by atoms with E-state index in [2.05, 4.69) is 21.2 Å². The van der Waals surface area contributed by atoms with Crippen LogP contribution in [0, 0.1) is 12.7 Å². The fourth-order valence-corrected chi connectivity index (χ4v) is 2.04. The van der Waals surface area contributed by atoms with Gasteiger partial charge in [0.15, 0.2) is 0 Å². The zero-order chi connectivity index (χ0) is 14.5. The van der Waals surface area contributed by atoms with E-state index in [1.54, 1.807) is 12.1 Å². The first kappa shape index (κ1) is 15.1. The Morgan fingerprint density at radius 3 is 2.85 bits per heavy atom. The highest BCUT2D eigenvalue weighted by Gasteiger charge is 2.08. The molecular formula is C15H17BrFNO2. The summed E-state index contributed by atoms with van der Waals surface area (Å²) in [5.74, 6) is 1.78. The van der Waals surface area contributed by atoms with E-state index >= 15 is 0 Å². The highest BCUT2D eigenvalue weighted by atomic mass is 79.9. The first-order valence-corrected chi connectivity index (χ1v) is 7.26. The van der Waals surface area contributed by atoms with Gasteiger partial charge in [-0.1, -0.05) is 6.92 Å². The van der Waals surface area contributed by atoms with E-state index in [-0.39, 0.29) is 12.4 Å². The van der Waals surface area contributed by atoms with Gasteiger partial charge in [-0.15, -0.1) is 0 Å². The van der Waals surface area contributed by atoms with E-state index < -0.39 is 0 Å². The van der Waals surface area contributed by atoms with Gasteiger partial charge in [0.2, 0.25) is 0 Å². The molecule has 1 aromatic carbocycles. The summed E-state index contributed by atoms with van der Waals surface area (Å²) in [6, 6.07) is 6.62. The summed E-state index contributed by atoms with van der Waals surface area (Å²) in [5, 5.41) is 3.22. The normalized spacial score (nSPS) is 10.8. The molecule has 108 valence electrons. The van der Waals surface area contributed by atoms with Crippen molar-refractivity contribution in [3.63, 3.8) is 0 Å². The van der Waals surface area contributed by atoms with Crippen molar-refractivity contribution in [1.82, 2.24) is 5.32 Å². The maximum atomic E-state index is 13.4. The van der Waals surface area contributed by atoms with E-state index in [4.69, 9.17) is 9.15 Å². The van der Waals surface area contributed by atoms with E-state index in [1.807, 2.05) is 19.9 Å². The van der Waals surface area contributed by atoms with Gasteiger partial charge in [-0.05, 0) is 53.2 Å². The summed E-state index contributed by atoms with van der Waals surface area (Å²) >= 11 is 3.11. The Hall–Kier alpha value is -1.33. The van der Waals surface area contributed by atoms with Crippen molar-refractivity contribution < 1.29 is 13.5 Å². The topological polar surface area (TPSA) is 34.4 Å². The molecule has 0 fully saturated rings. The Labute approximate surface area is 126 Å². The van der Waals surface area contributed by atoms with Crippen LogP contribution in [0.3, 0.4) is 0 Å². The second-order valence-electron chi connectivity index (χ2n) is 4.46. The van der Waals surface area contributed by atoms with Gasteiger partial charge >= 0.3 is 0 Å². The maximum Gasteiger partial charge on any atom is 0.146 e. The standard InChI is InChI=1S/C15H17BrFNO2/c1-3-18-8-15-10(2)6-12(20-15)9-19-11-4-5-13(16)14(17)7-11/h4-7,18H,3,8-9H2,1-2H3. The van der Waals surface area contributed by atoms with Gasteiger partial charge in [0.1, 0.15) is 29.7 Å². The van der Waals surface area contributed by atoms with Crippen molar-refractivity contribution in [2.45, 2.75) is 27.0 Å². The minimum atomic E-state index is -0.342.